The van der Waals surface area contributed by atoms with Crippen molar-refractivity contribution in [1.29, 1.82) is 0 Å². The first-order valence-electron chi connectivity index (χ1n) is 9.55. The van der Waals surface area contributed by atoms with Crippen LogP contribution in [0.2, 0.25) is 0 Å². The van der Waals surface area contributed by atoms with Crippen LogP contribution in [0.4, 0.5) is 24.5 Å². The van der Waals surface area contributed by atoms with Crippen LogP contribution in [-0.4, -0.2) is 38.6 Å². The van der Waals surface area contributed by atoms with Gasteiger partial charge in [0.05, 0.1) is 15.4 Å². The van der Waals surface area contributed by atoms with Gasteiger partial charge in [0, 0.05) is 31.3 Å². The van der Waals surface area contributed by atoms with Crippen molar-refractivity contribution in [3.63, 3.8) is 0 Å². The number of carbonyl (C=O) groups excluding carboxylic acids is 1. The topological polar surface area (TPSA) is 118 Å². The molecule has 0 bridgehead atoms. The van der Waals surface area contributed by atoms with E-state index in [2.05, 4.69) is 10.6 Å². The van der Waals surface area contributed by atoms with Crippen molar-refractivity contribution in [3.8, 4) is 0 Å². The average Bonchev–Trinajstić information content (AvgIpc) is 3.50. The fraction of sp³-hybridized carbons (Fsp3) is 0.350. The molecule has 32 heavy (non-hydrogen) atoms. The molecule has 0 aromatic heterocycles. The Morgan fingerprint density at radius 2 is 1.81 bits per heavy atom. The monoisotopic (exact) mass is 471 g/mol. The fourth-order valence-corrected chi connectivity index (χ4v) is 3.97. The molecule has 3 rings (SSSR count). The number of benzene rings is 2. The van der Waals surface area contributed by atoms with Gasteiger partial charge >= 0.3 is 6.18 Å². The Hall–Kier alpha value is -3.15. The van der Waals surface area contributed by atoms with Gasteiger partial charge in [-0.1, -0.05) is 12.1 Å². The summed E-state index contributed by atoms with van der Waals surface area (Å²) >= 11 is 0. The van der Waals surface area contributed by atoms with Crippen LogP contribution in [0.5, 0.6) is 0 Å². The minimum atomic E-state index is -4.41. The summed E-state index contributed by atoms with van der Waals surface area (Å²) in [5.41, 5.74) is -0.361. The van der Waals surface area contributed by atoms with Crippen molar-refractivity contribution in [2.24, 2.45) is 5.92 Å². The molecule has 0 heterocycles. The first-order valence-corrected chi connectivity index (χ1v) is 11.4. The first kappa shape index (κ1) is 23.5. The molecule has 172 valence electrons. The molecule has 8 nitrogen and oxygen atoms in total. The molecule has 1 fully saturated rings. The molecule has 0 spiro atoms. The van der Waals surface area contributed by atoms with Crippen LogP contribution in [0.1, 0.15) is 23.5 Å². The molecule has 2 unspecified atom stereocenters. The lowest BCUT2D eigenvalue weighted by Gasteiger charge is -2.10. The highest BCUT2D eigenvalue weighted by molar-refractivity contribution is 7.90. The zero-order valence-electron chi connectivity index (χ0n) is 16.8. The number of halogens is 3. The van der Waals surface area contributed by atoms with Crippen LogP contribution in [0.15, 0.2) is 47.4 Å². The molecule has 0 radical (unpaired) electrons. The molecule has 1 aliphatic rings. The van der Waals surface area contributed by atoms with Crippen LogP contribution >= 0.6 is 0 Å². The molecule has 12 heteroatoms. The second-order valence-electron chi connectivity index (χ2n) is 7.49. The molecule has 1 amide bonds. The number of carbonyl (C=O) groups is 1. The van der Waals surface area contributed by atoms with Gasteiger partial charge in [0.2, 0.25) is 5.91 Å². The van der Waals surface area contributed by atoms with Crippen LogP contribution in [0, 0.1) is 16.0 Å². The highest BCUT2D eigenvalue weighted by Gasteiger charge is 2.44. The Morgan fingerprint density at radius 1 is 1.16 bits per heavy atom. The molecule has 2 aromatic rings. The van der Waals surface area contributed by atoms with E-state index in [4.69, 9.17) is 0 Å². The van der Waals surface area contributed by atoms with Gasteiger partial charge in [-0.05, 0) is 42.2 Å². The number of sulfone groups is 1. The normalized spacial score (nSPS) is 18.1. The molecule has 2 aromatic carbocycles. The van der Waals surface area contributed by atoms with E-state index in [0.717, 1.165) is 24.5 Å². The first-order chi connectivity index (χ1) is 14.9. The SMILES string of the molecule is CS(=O)(=O)c1ccc(NCCNC(=O)C2CC2c2ccc(C(F)(F)F)cc2)c([N+](=O)[O-])c1. The Balaban J connectivity index is 1.51. The number of amides is 1. The molecule has 1 aliphatic carbocycles. The largest absolute Gasteiger partial charge is 0.416 e. The van der Waals surface area contributed by atoms with Gasteiger partial charge in [0.25, 0.3) is 5.69 Å². The summed E-state index contributed by atoms with van der Waals surface area (Å²) in [6.07, 6.45) is -2.93. The van der Waals surface area contributed by atoms with Crippen LogP contribution in [-0.2, 0) is 20.8 Å². The van der Waals surface area contributed by atoms with E-state index in [0.29, 0.717) is 12.0 Å². The molecule has 0 saturated heterocycles. The van der Waals surface area contributed by atoms with Gasteiger partial charge < -0.3 is 10.6 Å². The quantitative estimate of drug-likeness (QED) is 0.346. The molecular formula is C20H20F3N3O5S. The Morgan fingerprint density at radius 3 is 2.38 bits per heavy atom. The van der Waals surface area contributed by atoms with Crippen molar-refractivity contribution in [2.45, 2.75) is 23.4 Å². The highest BCUT2D eigenvalue weighted by atomic mass is 32.2. The Bertz CT molecular complexity index is 1130. The summed E-state index contributed by atoms with van der Waals surface area (Å²) in [6.45, 7) is 0.308. The third-order valence-corrected chi connectivity index (χ3v) is 6.24. The molecule has 2 N–H and O–H groups in total. The second-order valence-corrected chi connectivity index (χ2v) is 9.51. The minimum Gasteiger partial charge on any atom is -0.378 e. The summed E-state index contributed by atoms with van der Waals surface area (Å²) in [5, 5.41) is 16.7. The third-order valence-electron chi connectivity index (χ3n) is 5.13. The van der Waals surface area contributed by atoms with E-state index in [1.54, 1.807) is 0 Å². The maximum Gasteiger partial charge on any atom is 0.416 e. The van der Waals surface area contributed by atoms with E-state index in [-0.39, 0.29) is 41.4 Å². The van der Waals surface area contributed by atoms with Crippen molar-refractivity contribution >= 4 is 27.1 Å². The summed E-state index contributed by atoms with van der Waals surface area (Å²) < 4.78 is 61.1. The number of nitro benzene ring substituents is 1. The second kappa shape index (κ2) is 8.77. The van der Waals surface area contributed by atoms with Gasteiger partial charge in [-0.15, -0.1) is 0 Å². The number of hydrogen-bond donors (Lipinski definition) is 2. The Kier molecular flexibility index (Phi) is 6.44. The summed E-state index contributed by atoms with van der Waals surface area (Å²) in [4.78, 5) is 22.6. The van der Waals surface area contributed by atoms with Crippen molar-refractivity contribution in [1.82, 2.24) is 5.32 Å². The van der Waals surface area contributed by atoms with Crippen molar-refractivity contribution in [3.05, 3.63) is 63.7 Å². The number of anilines is 1. The van der Waals surface area contributed by atoms with E-state index in [9.17, 15) is 36.5 Å². The summed E-state index contributed by atoms with van der Waals surface area (Å²) in [7, 11) is -3.60. The molecule has 2 atom stereocenters. The minimum absolute atomic E-state index is 0.116. The lowest BCUT2D eigenvalue weighted by atomic mass is 10.1. The zero-order chi connectivity index (χ0) is 23.7. The summed E-state index contributed by atoms with van der Waals surface area (Å²) in [5.74, 6) is -0.733. The number of hydrogen-bond acceptors (Lipinski definition) is 6. The number of nitrogens with one attached hydrogen (secondary N) is 2. The lowest BCUT2D eigenvalue weighted by molar-refractivity contribution is -0.384. The lowest BCUT2D eigenvalue weighted by Crippen LogP contribution is -2.30. The third kappa shape index (κ3) is 5.55. The van der Waals surface area contributed by atoms with Gasteiger partial charge in [0.15, 0.2) is 9.84 Å². The van der Waals surface area contributed by atoms with Gasteiger partial charge in [0.1, 0.15) is 5.69 Å². The smallest absolute Gasteiger partial charge is 0.378 e. The summed E-state index contributed by atoms with van der Waals surface area (Å²) in [6, 6.07) is 8.25. The number of alkyl halides is 3. The maximum atomic E-state index is 12.6. The number of rotatable bonds is 8. The van der Waals surface area contributed by atoms with E-state index < -0.39 is 32.2 Å². The molecule has 0 aliphatic heterocycles. The number of nitrogens with zero attached hydrogens (tertiary/aromatic N) is 1. The van der Waals surface area contributed by atoms with Crippen LogP contribution < -0.4 is 10.6 Å². The zero-order valence-corrected chi connectivity index (χ0v) is 17.7. The standard InChI is InChI=1S/C20H20F3N3O5S/c1-32(30,31)14-6-7-17(18(10-14)26(28)29)24-8-9-25-19(27)16-11-15(16)12-2-4-13(5-3-12)20(21,22)23/h2-7,10,15-16,24H,8-9,11H2,1H3,(H,25,27). The molecular weight excluding hydrogens is 451 g/mol. The predicted octanol–water partition coefficient (Wildman–Crippen LogP) is 3.35. The fourth-order valence-electron chi connectivity index (χ4n) is 3.33. The van der Waals surface area contributed by atoms with E-state index in [1.807, 2.05) is 0 Å². The van der Waals surface area contributed by atoms with E-state index in [1.165, 1.54) is 24.3 Å². The predicted molar refractivity (Wildman–Crippen MR) is 110 cm³/mol. The number of nitro groups is 1. The van der Waals surface area contributed by atoms with E-state index >= 15 is 0 Å². The average molecular weight is 471 g/mol. The van der Waals surface area contributed by atoms with Gasteiger partial charge in [-0.2, -0.15) is 13.2 Å². The van der Waals surface area contributed by atoms with Crippen molar-refractivity contribution < 1.29 is 31.3 Å². The maximum absolute atomic E-state index is 12.6. The van der Waals surface area contributed by atoms with Gasteiger partial charge in [-0.3, -0.25) is 14.9 Å². The highest BCUT2D eigenvalue weighted by Crippen LogP contribution is 2.48. The Labute approximate surface area is 181 Å². The van der Waals surface area contributed by atoms with Crippen LogP contribution in [0.25, 0.3) is 0 Å². The van der Waals surface area contributed by atoms with Gasteiger partial charge in [-0.25, -0.2) is 8.42 Å². The van der Waals surface area contributed by atoms with Crippen molar-refractivity contribution in [2.75, 3.05) is 24.7 Å². The van der Waals surface area contributed by atoms with Crippen LogP contribution in [0.3, 0.4) is 0 Å². The molecule has 1 saturated carbocycles.